The number of ketones is 1. The van der Waals surface area contributed by atoms with Crippen LogP contribution in [0.15, 0.2) is 72.8 Å². The highest BCUT2D eigenvalue weighted by Crippen LogP contribution is 2.35. The van der Waals surface area contributed by atoms with Crippen LogP contribution in [0.4, 0.5) is 11.4 Å². The third-order valence-corrected chi connectivity index (χ3v) is 5.52. The van der Waals surface area contributed by atoms with Crippen LogP contribution in [-0.2, 0) is 0 Å². The monoisotopic (exact) mass is 438 g/mol. The maximum atomic E-state index is 13.1. The number of benzene rings is 3. The van der Waals surface area contributed by atoms with E-state index in [-0.39, 0.29) is 5.78 Å². The van der Waals surface area contributed by atoms with E-state index in [1.165, 1.54) is 0 Å². The van der Waals surface area contributed by atoms with Crippen molar-refractivity contribution in [3.63, 3.8) is 0 Å². The number of Topliss-reactive ketones (excluding diaryl/α,β-unsaturated/α-hetero) is 1. The van der Waals surface area contributed by atoms with Crippen molar-refractivity contribution < 1.29 is 14.3 Å². The third-order valence-electron chi connectivity index (χ3n) is 5.52. The average molecular weight is 439 g/mol. The lowest BCUT2D eigenvalue weighted by molar-refractivity contribution is 0.0734. The molecular weight excluding hydrogens is 412 g/mol. The van der Waals surface area contributed by atoms with Gasteiger partial charge in [0.1, 0.15) is 5.75 Å². The lowest BCUT2D eigenvalue weighted by atomic mass is 9.99. The smallest absolute Gasteiger partial charge is 0.343 e. The van der Waals surface area contributed by atoms with Gasteiger partial charge in [0, 0.05) is 17.5 Å². The summed E-state index contributed by atoms with van der Waals surface area (Å²) in [6, 6.07) is 22.1. The predicted molar refractivity (Wildman–Crippen MR) is 132 cm³/mol. The molecule has 0 aliphatic heterocycles. The first-order chi connectivity index (χ1) is 16.0. The number of para-hydroxylation sites is 1. The van der Waals surface area contributed by atoms with Crippen LogP contribution in [0.25, 0.3) is 10.9 Å². The second-order valence-corrected chi connectivity index (χ2v) is 7.99. The van der Waals surface area contributed by atoms with Crippen molar-refractivity contribution in [3.05, 3.63) is 95.2 Å². The number of carbonyl (C=O) groups is 2. The summed E-state index contributed by atoms with van der Waals surface area (Å²) >= 11 is 0. The Labute approximate surface area is 193 Å². The molecule has 0 saturated heterocycles. The summed E-state index contributed by atoms with van der Waals surface area (Å²) in [6.07, 6.45) is 1.17. The number of rotatable bonds is 7. The summed E-state index contributed by atoms with van der Waals surface area (Å²) < 4.78 is 5.64. The van der Waals surface area contributed by atoms with Crippen molar-refractivity contribution in [2.24, 2.45) is 0 Å². The number of aromatic nitrogens is 1. The maximum Gasteiger partial charge on any atom is 0.343 e. The van der Waals surface area contributed by atoms with Crippen LogP contribution in [0.3, 0.4) is 0 Å². The van der Waals surface area contributed by atoms with E-state index < -0.39 is 5.97 Å². The Balaban J connectivity index is 1.84. The molecule has 0 amide bonds. The number of ether oxygens (including phenoxy) is 1. The van der Waals surface area contributed by atoms with Crippen LogP contribution in [0.1, 0.15) is 51.7 Å². The Kier molecular flexibility index (Phi) is 6.50. The van der Waals surface area contributed by atoms with Crippen LogP contribution in [-0.4, -0.2) is 16.7 Å². The van der Waals surface area contributed by atoms with E-state index in [4.69, 9.17) is 4.74 Å². The van der Waals surface area contributed by atoms with E-state index in [9.17, 15) is 9.59 Å². The van der Waals surface area contributed by atoms with Gasteiger partial charge in [-0.05, 0) is 62.2 Å². The van der Waals surface area contributed by atoms with Crippen molar-refractivity contribution in [1.29, 1.82) is 0 Å². The highest BCUT2D eigenvalue weighted by atomic mass is 16.5. The minimum Gasteiger partial charge on any atom is -0.423 e. The molecule has 166 valence electrons. The molecule has 0 radical (unpaired) electrons. The second kappa shape index (κ2) is 9.65. The van der Waals surface area contributed by atoms with E-state index in [1.807, 2.05) is 57.2 Å². The van der Waals surface area contributed by atoms with Gasteiger partial charge >= 0.3 is 5.97 Å². The van der Waals surface area contributed by atoms with Gasteiger partial charge in [0.15, 0.2) is 5.78 Å². The highest BCUT2D eigenvalue weighted by Gasteiger charge is 2.20. The largest absolute Gasteiger partial charge is 0.423 e. The lowest BCUT2D eigenvalue weighted by Gasteiger charge is -2.18. The molecule has 0 unspecified atom stereocenters. The summed E-state index contributed by atoms with van der Waals surface area (Å²) in [5.41, 5.74) is 5.07. The molecule has 0 saturated carbocycles. The molecule has 4 rings (SSSR count). The van der Waals surface area contributed by atoms with Crippen molar-refractivity contribution in [3.8, 4) is 5.75 Å². The zero-order valence-corrected chi connectivity index (χ0v) is 19.0. The molecule has 4 aromatic rings. The molecular formula is C28H26N2O3. The quantitative estimate of drug-likeness (QED) is 0.195. The van der Waals surface area contributed by atoms with Gasteiger partial charge in [-0.25, -0.2) is 4.79 Å². The normalized spacial score (nSPS) is 10.8. The molecule has 0 aliphatic rings. The molecule has 5 heteroatoms. The molecule has 0 aliphatic carbocycles. The van der Waals surface area contributed by atoms with Crippen molar-refractivity contribution in [2.75, 3.05) is 5.32 Å². The fourth-order valence-electron chi connectivity index (χ4n) is 3.84. The molecule has 5 nitrogen and oxygen atoms in total. The second-order valence-electron chi connectivity index (χ2n) is 7.99. The summed E-state index contributed by atoms with van der Waals surface area (Å²) in [5, 5.41) is 4.20. The van der Waals surface area contributed by atoms with Gasteiger partial charge in [0.2, 0.25) is 0 Å². The number of fused-ring (bicyclic) bond motifs is 1. The fraction of sp³-hybridized carbons (Fsp3) is 0.179. The van der Waals surface area contributed by atoms with Gasteiger partial charge < -0.3 is 10.1 Å². The van der Waals surface area contributed by atoms with Crippen LogP contribution in [0.5, 0.6) is 5.75 Å². The lowest BCUT2D eigenvalue weighted by Crippen LogP contribution is -2.10. The Morgan fingerprint density at radius 2 is 1.67 bits per heavy atom. The van der Waals surface area contributed by atoms with Gasteiger partial charge in [-0.3, -0.25) is 9.78 Å². The minimum absolute atomic E-state index is 0.0344. The number of hydrogen-bond acceptors (Lipinski definition) is 5. The standard InChI is InChI=1S/C28H26N2O3/c1-4-10-25(31)26-19(3)29-24-16-15-21(33-28(32)20-12-6-5-7-13-20)17-22(24)27(26)30-23-14-9-8-11-18(23)2/h5-9,11-17H,4,10H2,1-3H3,(H,29,30). The third kappa shape index (κ3) is 4.77. The van der Waals surface area contributed by atoms with Gasteiger partial charge in [-0.2, -0.15) is 0 Å². The van der Waals surface area contributed by atoms with Gasteiger partial charge in [0.05, 0.1) is 28.0 Å². The first-order valence-electron chi connectivity index (χ1n) is 11.1. The van der Waals surface area contributed by atoms with Gasteiger partial charge in [-0.1, -0.05) is 43.3 Å². The minimum atomic E-state index is -0.439. The van der Waals surface area contributed by atoms with E-state index in [0.717, 1.165) is 28.6 Å². The molecule has 0 bridgehead atoms. The summed E-state index contributed by atoms with van der Waals surface area (Å²) in [6.45, 7) is 5.85. The van der Waals surface area contributed by atoms with E-state index in [1.54, 1.807) is 36.4 Å². The van der Waals surface area contributed by atoms with Crippen molar-refractivity contribution in [1.82, 2.24) is 4.98 Å². The highest BCUT2D eigenvalue weighted by molar-refractivity contribution is 6.10. The van der Waals surface area contributed by atoms with E-state index in [0.29, 0.717) is 34.7 Å². The molecule has 0 atom stereocenters. The van der Waals surface area contributed by atoms with Gasteiger partial charge in [-0.15, -0.1) is 0 Å². The van der Waals surface area contributed by atoms with Crippen molar-refractivity contribution >= 4 is 34.0 Å². The van der Waals surface area contributed by atoms with E-state index in [2.05, 4.69) is 10.3 Å². The first-order valence-corrected chi connectivity index (χ1v) is 11.1. The molecule has 33 heavy (non-hydrogen) atoms. The number of aryl methyl sites for hydroxylation is 2. The zero-order chi connectivity index (χ0) is 23.4. The SMILES string of the molecule is CCCC(=O)c1c(C)nc2ccc(OC(=O)c3ccccc3)cc2c1Nc1ccccc1C. The Hall–Kier alpha value is -3.99. The number of anilines is 2. The number of nitrogens with one attached hydrogen (secondary N) is 1. The number of esters is 1. The van der Waals surface area contributed by atoms with Crippen LogP contribution >= 0.6 is 0 Å². The number of hydrogen-bond donors (Lipinski definition) is 1. The Morgan fingerprint density at radius 1 is 0.939 bits per heavy atom. The predicted octanol–water partition coefficient (Wildman–Crippen LogP) is 6.80. The fourth-order valence-corrected chi connectivity index (χ4v) is 3.84. The zero-order valence-electron chi connectivity index (χ0n) is 19.0. The van der Waals surface area contributed by atoms with Gasteiger partial charge in [0.25, 0.3) is 0 Å². The maximum absolute atomic E-state index is 13.1. The Morgan fingerprint density at radius 3 is 2.39 bits per heavy atom. The number of pyridine rings is 1. The number of nitrogens with zero attached hydrogens (tertiary/aromatic N) is 1. The van der Waals surface area contributed by atoms with E-state index >= 15 is 0 Å². The van der Waals surface area contributed by atoms with Crippen molar-refractivity contribution in [2.45, 2.75) is 33.6 Å². The van der Waals surface area contributed by atoms with Crippen LogP contribution in [0.2, 0.25) is 0 Å². The summed E-state index contributed by atoms with van der Waals surface area (Å²) in [5.74, 6) is -0.0124. The molecule has 1 heterocycles. The molecule has 3 aromatic carbocycles. The molecule has 1 N–H and O–H groups in total. The topological polar surface area (TPSA) is 68.3 Å². The summed E-state index contributed by atoms with van der Waals surface area (Å²) in [7, 11) is 0. The summed E-state index contributed by atoms with van der Waals surface area (Å²) in [4.78, 5) is 30.3. The Bertz CT molecular complexity index is 1330. The molecule has 0 fully saturated rings. The number of carbonyl (C=O) groups excluding carboxylic acids is 2. The molecule has 0 spiro atoms. The first kappa shape index (κ1) is 22.2. The van der Waals surface area contributed by atoms with Crippen LogP contribution < -0.4 is 10.1 Å². The van der Waals surface area contributed by atoms with Crippen LogP contribution in [0, 0.1) is 13.8 Å². The molecule has 1 aromatic heterocycles. The average Bonchev–Trinajstić information content (AvgIpc) is 2.81.